The minimum atomic E-state index is -0.463. The Morgan fingerprint density at radius 1 is 1.60 bits per heavy atom. The molecule has 3 N–H and O–H groups in total. The van der Waals surface area contributed by atoms with E-state index in [-0.39, 0.29) is 5.84 Å². The first-order chi connectivity index (χ1) is 7.19. The summed E-state index contributed by atoms with van der Waals surface area (Å²) in [5, 5.41) is 11.9. The Balaban J connectivity index is 2.80. The summed E-state index contributed by atoms with van der Waals surface area (Å²) in [5.41, 5.74) is 5.46. The van der Waals surface area contributed by atoms with E-state index in [1.165, 1.54) is 0 Å². The van der Waals surface area contributed by atoms with Gasteiger partial charge in [-0.25, -0.2) is 0 Å². The van der Waals surface area contributed by atoms with Gasteiger partial charge in [-0.2, -0.15) is 0 Å². The highest BCUT2D eigenvalue weighted by atomic mass is 35.5. The largest absolute Gasteiger partial charge is 0.481 e. The molecule has 4 nitrogen and oxygen atoms in total. The molecule has 0 fully saturated rings. The molecule has 0 saturated heterocycles. The van der Waals surface area contributed by atoms with Crippen LogP contribution in [0.1, 0.15) is 13.3 Å². The normalized spacial score (nSPS) is 13.6. The van der Waals surface area contributed by atoms with E-state index in [9.17, 15) is 0 Å². The van der Waals surface area contributed by atoms with Crippen LogP contribution in [0.2, 0.25) is 5.02 Å². The predicted molar refractivity (Wildman–Crippen MR) is 59.6 cm³/mol. The molecule has 1 atom stereocenters. The van der Waals surface area contributed by atoms with Crippen molar-refractivity contribution < 1.29 is 9.94 Å². The van der Waals surface area contributed by atoms with E-state index in [2.05, 4.69) is 5.16 Å². The van der Waals surface area contributed by atoms with Gasteiger partial charge in [0.05, 0.1) is 5.02 Å². The Labute approximate surface area is 93.3 Å². The van der Waals surface area contributed by atoms with Crippen molar-refractivity contribution in [2.24, 2.45) is 10.9 Å². The molecule has 0 bridgehead atoms. The van der Waals surface area contributed by atoms with Crippen LogP contribution in [-0.4, -0.2) is 17.1 Å². The van der Waals surface area contributed by atoms with Gasteiger partial charge in [0.25, 0.3) is 0 Å². The fraction of sp³-hybridized carbons (Fsp3) is 0.300. The SMILES string of the molecule is CCC(Oc1ccccc1Cl)C(N)=NO. The number of rotatable bonds is 4. The van der Waals surface area contributed by atoms with Crippen LogP contribution in [0.4, 0.5) is 0 Å². The summed E-state index contributed by atoms with van der Waals surface area (Å²) < 4.78 is 5.50. The van der Waals surface area contributed by atoms with Crippen LogP contribution >= 0.6 is 11.6 Å². The Kier molecular flexibility index (Phi) is 4.24. The van der Waals surface area contributed by atoms with Gasteiger partial charge in [-0.05, 0) is 18.6 Å². The lowest BCUT2D eigenvalue weighted by atomic mass is 10.2. The van der Waals surface area contributed by atoms with Crippen molar-refractivity contribution in [1.29, 1.82) is 0 Å². The van der Waals surface area contributed by atoms with Crippen molar-refractivity contribution in [2.75, 3.05) is 0 Å². The Morgan fingerprint density at radius 2 is 2.27 bits per heavy atom. The van der Waals surface area contributed by atoms with E-state index in [0.717, 1.165) is 0 Å². The van der Waals surface area contributed by atoms with Crippen LogP contribution in [0.3, 0.4) is 0 Å². The van der Waals surface area contributed by atoms with Crippen LogP contribution < -0.4 is 10.5 Å². The molecule has 1 aromatic carbocycles. The van der Waals surface area contributed by atoms with Gasteiger partial charge in [0.2, 0.25) is 0 Å². The smallest absolute Gasteiger partial charge is 0.180 e. The second kappa shape index (κ2) is 5.46. The number of nitrogens with two attached hydrogens (primary N) is 1. The van der Waals surface area contributed by atoms with E-state index < -0.39 is 6.10 Å². The van der Waals surface area contributed by atoms with Crippen molar-refractivity contribution in [1.82, 2.24) is 0 Å². The average Bonchev–Trinajstić information content (AvgIpc) is 2.27. The zero-order valence-electron chi connectivity index (χ0n) is 8.35. The van der Waals surface area contributed by atoms with Gasteiger partial charge in [-0.3, -0.25) is 0 Å². The first-order valence-corrected chi connectivity index (χ1v) is 4.95. The molecule has 0 saturated carbocycles. The summed E-state index contributed by atoms with van der Waals surface area (Å²) >= 11 is 5.90. The lowest BCUT2D eigenvalue weighted by Crippen LogP contribution is -2.33. The molecule has 1 unspecified atom stereocenters. The van der Waals surface area contributed by atoms with Gasteiger partial charge < -0.3 is 15.7 Å². The number of halogens is 1. The van der Waals surface area contributed by atoms with Gasteiger partial charge in [-0.1, -0.05) is 35.8 Å². The molecular formula is C10H13ClN2O2. The number of oxime groups is 1. The number of para-hydroxylation sites is 1. The molecule has 0 aliphatic rings. The van der Waals surface area contributed by atoms with Gasteiger partial charge >= 0.3 is 0 Å². The molecule has 0 spiro atoms. The standard InChI is InChI=1S/C10H13ClN2O2/c1-2-8(10(12)13-14)15-9-6-4-3-5-7(9)11/h3-6,8,14H,2H2,1H3,(H2,12,13). The predicted octanol–water partition coefficient (Wildman–Crippen LogP) is 2.24. The Bertz CT molecular complexity index is 355. The maximum atomic E-state index is 8.53. The van der Waals surface area contributed by atoms with Crippen molar-refractivity contribution in [3.63, 3.8) is 0 Å². The number of hydrogen-bond donors (Lipinski definition) is 2. The van der Waals surface area contributed by atoms with Crippen molar-refractivity contribution in [2.45, 2.75) is 19.4 Å². The molecule has 0 aromatic heterocycles. The number of hydrogen-bond acceptors (Lipinski definition) is 3. The number of amidine groups is 1. The minimum absolute atomic E-state index is 0.0393. The molecule has 5 heteroatoms. The molecule has 0 radical (unpaired) electrons. The summed E-state index contributed by atoms with van der Waals surface area (Å²) in [7, 11) is 0. The van der Waals surface area contributed by atoms with E-state index >= 15 is 0 Å². The van der Waals surface area contributed by atoms with Crippen molar-refractivity contribution in [3.05, 3.63) is 29.3 Å². The third kappa shape index (κ3) is 3.02. The lowest BCUT2D eigenvalue weighted by molar-refractivity contribution is 0.247. The van der Waals surface area contributed by atoms with Gasteiger partial charge in [0.15, 0.2) is 11.9 Å². The molecule has 0 aliphatic carbocycles. The quantitative estimate of drug-likeness (QED) is 0.359. The van der Waals surface area contributed by atoms with E-state index in [1.54, 1.807) is 24.3 Å². The zero-order valence-corrected chi connectivity index (χ0v) is 9.11. The second-order valence-electron chi connectivity index (χ2n) is 2.97. The van der Waals surface area contributed by atoms with Crippen molar-refractivity contribution in [3.8, 4) is 5.75 Å². The average molecular weight is 229 g/mol. The molecule has 0 amide bonds. The van der Waals surface area contributed by atoms with Crippen LogP contribution in [0.25, 0.3) is 0 Å². The second-order valence-corrected chi connectivity index (χ2v) is 3.38. The van der Waals surface area contributed by atoms with Crippen LogP contribution in [0.5, 0.6) is 5.75 Å². The summed E-state index contributed by atoms with van der Waals surface area (Å²) in [4.78, 5) is 0. The first kappa shape index (κ1) is 11.7. The van der Waals surface area contributed by atoms with Gasteiger partial charge in [0, 0.05) is 0 Å². The fourth-order valence-electron chi connectivity index (χ4n) is 1.11. The third-order valence-electron chi connectivity index (χ3n) is 1.92. The molecule has 1 aromatic rings. The Morgan fingerprint density at radius 3 is 2.80 bits per heavy atom. The zero-order chi connectivity index (χ0) is 11.3. The molecule has 15 heavy (non-hydrogen) atoms. The topological polar surface area (TPSA) is 67.8 Å². The summed E-state index contributed by atoms with van der Waals surface area (Å²) in [6, 6.07) is 7.06. The highest BCUT2D eigenvalue weighted by Gasteiger charge is 2.14. The highest BCUT2D eigenvalue weighted by Crippen LogP contribution is 2.24. The Hall–Kier alpha value is -1.42. The summed E-state index contributed by atoms with van der Waals surface area (Å²) in [5.74, 6) is 0.565. The summed E-state index contributed by atoms with van der Waals surface area (Å²) in [6.07, 6.45) is 0.135. The highest BCUT2D eigenvalue weighted by molar-refractivity contribution is 6.32. The maximum Gasteiger partial charge on any atom is 0.180 e. The van der Waals surface area contributed by atoms with E-state index in [4.69, 9.17) is 27.3 Å². The number of benzene rings is 1. The molecule has 82 valence electrons. The fourth-order valence-corrected chi connectivity index (χ4v) is 1.29. The third-order valence-corrected chi connectivity index (χ3v) is 2.23. The van der Waals surface area contributed by atoms with Gasteiger partial charge in [0.1, 0.15) is 5.75 Å². The first-order valence-electron chi connectivity index (χ1n) is 4.57. The molecule has 0 heterocycles. The molecular weight excluding hydrogens is 216 g/mol. The monoisotopic (exact) mass is 228 g/mol. The van der Waals surface area contributed by atoms with Gasteiger partial charge in [-0.15, -0.1) is 0 Å². The van der Waals surface area contributed by atoms with Crippen molar-refractivity contribution >= 4 is 17.4 Å². The van der Waals surface area contributed by atoms with Crippen LogP contribution in [0.15, 0.2) is 29.4 Å². The van der Waals surface area contributed by atoms with E-state index in [1.807, 2.05) is 6.92 Å². The molecule has 0 aliphatic heterocycles. The van der Waals surface area contributed by atoms with Crippen LogP contribution in [-0.2, 0) is 0 Å². The van der Waals surface area contributed by atoms with E-state index in [0.29, 0.717) is 17.2 Å². The minimum Gasteiger partial charge on any atom is -0.481 e. The number of nitrogens with zero attached hydrogens (tertiary/aromatic N) is 1. The lowest BCUT2D eigenvalue weighted by Gasteiger charge is -2.16. The summed E-state index contributed by atoms with van der Waals surface area (Å²) in [6.45, 7) is 1.87. The molecule has 1 rings (SSSR count). The van der Waals surface area contributed by atoms with Crippen LogP contribution in [0, 0.1) is 0 Å². The number of ether oxygens (including phenoxy) is 1. The maximum absolute atomic E-state index is 8.53.